The van der Waals surface area contributed by atoms with E-state index in [1.54, 1.807) is 36.4 Å². The van der Waals surface area contributed by atoms with Crippen LogP contribution in [0.3, 0.4) is 0 Å². The number of ether oxygens (including phenoxy) is 2. The second-order valence-electron chi connectivity index (χ2n) is 10.2. The second kappa shape index (κ2) is 14.7. The number of carboxylic acid groups (broad SMARTS) is 1. The Labute approximate surface area is 270 Å². The quantitative estimate of drug-likeness (QED) is 0.132. The summed E-state index contributed by atoms with van der Waals surface area (Å²) in [4.78, 5) is 38.7. The summed E-state index contributed by atoms with van der Waals surface area (Å²) < 4.78 is 12.6. The molecule has 1 aliphatic heterocycles. The van der Waals surface area contributed by atoms with Crippen LogP contribution in [-0.4, -0.2) is 38.7 Å². The van der Waals surface area contributed by atoms with Gasteiger partial charge in [-0.25, -0.2) is 0 Å². The van der Waals surface area contributed by atoms with Gasteiger partial charge in [-0.05, 0) is 47.9 Å². The van der Waals surface area contributed by atoms with Crippen LogP contribution in [0.4, 0.5) is 0 Å². The molecule has 1 atom stereocenters. The van der Waals surface area contributed by atoms with Crippen molar-refractivity contribution in [1.29, 1.82) is 0 Å². The van der Waals surface area contributed by atoms with Crippen LogP contribution >= 0.6 is 24.0 Å². The van der Waals surface area contributed by atoms with Crippen LogP contribution in [0.15, 0.2) is 108 Å². The van der Waals surface area contributed by atoms with Crippen molar-refractivity contribution in [3.05, 3.63) is 136 Å². The van der Waals surface area contributed by atoms with Gasteiger partial charge in [0.05, 0.1) is 10.9 Å². The predicted octanol–water partition coefficient (Wildman–Crippen LogP) is 6.62. The van der Waals surface area contributed by atoms with Crippen LogP contribution in [0.25, 0.3) is 6.08 Å². The Hall–Kier alpha value is -4.93. The Bertz CT molecular complexity index is 1740. The van der Waals surface area contributed by atoms with Crippen LogP contribution in [0, 0.1) is 0 Å². The maximum absolute atomic E-state index is 13.3. The number of benzene rings is 4. The van der Waals surface area contributed by atoms with Gasteiger partial charge >= 0.3 is 5.97 Å². The average molecular weight is 639 g/mol. The maximum Gasteiger partial charge on any atom is 0.323 e. The number of amides is 2. The van der Waals surface area contributed by atoms with E-state index in [1.165, 1.54) is 0 Å². The van der Waals surface area contributed by atoms with Crippen LogP contribution < -0.4 is 14.8 Å². The number of aliphatic carboxylic acids is 1. The van der Waals surface area contributed by atoms with E-state index in [2.05, 4.69) is 5.32 Å². The van der Waals surface area contributed by atoms with Crippen LogP contribution in [0.2, 0.25) is 0 Å². The summed E-state index contributed by atoms with van der Waals surface area (Å²) in [6, 6.07) is 31.8. The molecule has 0 aliphatic carbocycles. The van der Waals surface area contributed by atoms with Gasteiger partial charge in [-0.3, -0.25) is 19.3 Å². The lowest BCUT2D eigenvalue weighted by atomic mass is 10.1. The molecule has 0 spiro atoms. The number of thiocarbonyl (C=S) groups is 1. The monoisotopic (exact) mass is 638 g/mol. The third-order valence-electron chi connectivity index (χ3n) is 6.96. The van der Waals surface area contributed by atoms with Crippen LogP contribution in [-0.2, 0) is 22.8 Å². The van der Waals surface area contributed by atoms with Crippen molar-refractivity contribution < 1.29 is 29.0 Å². The molecular formula is C35H30N2O6S2. The number of hydrogen-bond donors (Lipinski definition) is 2. The Morgan fingerprint density at radius 1 is 0.911 bits per heavy atom. The van der Waals surface area contributed by atoms with Crippen molar-refractivity contribution in [1.82, 2.24) is 10.2 Å². The van der Waals surface area contributed by atoms with E-state index >= 15 is 0 Å². The van der Waals surface area contributed by atoms with E-state index in [1.807, 2.05) is 79.7 Å². The maximum atomic E-state index is 13.3. The molecule has 4 aromatic rings. The fourth-order valence-corrected chi connectivity index (χ4v) is 5.88. The lowest BCUT2D eigenvalue weighted by Crippen LogP contribution is -2.33. The van der Waals surface area contributed by atoms with Crippen molar-refractivity contribution in [2.75, 3.05) is 6.54 Å². The third-order valence-corrected chi connectivity index (χ3v) is 8.34. The minimum atomic E-state index is -1.15. The molecule has 0 radical (unpaired) electrons. The molecular weight excluding hydrogens is 609 g/mol. The summed E-state index contributed by atoms with van der Waals surface area (Å²) in [6.07, 6.45) is 1.64. The third kappa shape index (κ3) is 8.17. The number of rotatable bonds is 12. The predicted molar refractivity (Wildman–Crippen MR) is 178 cm³/mol. The number of carboxylic acids is 1. The molecule has 5 rings (SSSR count). The molecule has 4 aromatic carbocycles. The zero-order valence-corrected chi connectivity index (χ0v) is 26.0. The first-order chi connectivity index (χ1) is 21.8. The highest BCUT2D eigenvalue weighted by atomic mass is 32.2. The molecule has 10 heteroatoms. The van der Waals surface area contributed by atoms with Gasteiger partial charge in [0.1, 0.15) is 24.1 Å². The molecule has 0 aromatic heterocycles. The summed E-state index contributed by atoms with van der Waals surface area (Å²) in [5, 5.41) is 12.2. The van der Waals surface area contributed by atoms with Gasteiger partial charge in [0.25, 0.3) is 11.8 Å². The molecule has 0 bridgehead atoms. The highest BCUT2D eigenvalue weighted by Crippen LogP contribution is 2.35. The Morgan fingerprint density at radius 2 is 1.58 bits per heavy atom. The minimum Gasteiger partial charge on any atom is -0.485 e. The van der Waals surface area contributed by atoms with Crippen molar-refractivity contribution in [3.8, 4) is 11.5 Å². The van der Waals surface area contributed by atoms with Crippen LogP contribution in [0.5, 0.6) is 11.5 Å². The number of carbonyl (C=O) groups excluding carboxylic acids is 2. The van der Waals surface area contributed by atoms with Gasteiger partial charge in [-0.15, -0.1) is 0 Å². The smallest absolute Gasteiger partial charge is 0.323 e. The topological polar surface area (TPSA) is 105 Å². The zero-order valence-electron chi connectivity index (χ0n) is 24.3. The van der Waals surface area contributed by atoms with Gasteiger partial charge in [0.2, 0.25) is 0 Å². The number of hydrogen-bond acceptors (Lipinski definition) is 7. The molecule has 1 aliphatic rings. The number of nitrogens with one attached hydrogen (secondary N) is 1. The van der Waals surface area contributed by atoms with Crippen molar-refractivity contribution in [2.45, 2.75) is 26.2 Å². The molecule has 2 amide bonds. The van der Waals surface area contributed by atoms with E-state index in [0.717, 1.165) is 27.8 Å². The largest absolute Gasteiger partial charge is 0.485 e. The summed E-state index contributed by atoms with van der Waals surface area (Å²) in [5.74, 6) is -0.943. The van der Waals surface area contributed by atoms with E-state index in [4.69, 9.17) is 26.8 Å². The normalized spacial score (nSPS) is 14.3. The summed E-state index contributed by atoms with van der Waals surface area (Å²) in [7, 11) is 0. The second-order valence-corrected chi connectivity index (χ2v) is 11.9. The first-order valence-corrected chi connectivity index (χ1v) is 15.4. The SMILES string of the molecule is CC(NC(=O)c1ccccc1COc1cc(C=C2SC(=S)N(CC(=O)O)C2=O)ccc1OCc1ccccc1)c1ccccc1. The molecule has 0 saturated carbocycles. The van der Waals surface area contributed by atoms with Gasteiger partial charge in [0.15, 0.2) is 11.5 Å². The summed E-state index contributed by atoms with van der Waals surface area (Å²) >= 11 is 6.27. The van der Waals surface area contributed by atoms with Gasteiger partial charge in [-0.2, -0.15) is 0 Å². The summed E-state index contributed by atoms with van der Waals surface area (Å²) in [6.45, 7) is 1.82. The molecule has 45 heavy (non-hydrogen) atoms. The van der Waals surface area contributed by atoms with E-state index < -0.39 is 18.4 Å². The molecule has 8 nitrogen and oxygen atoms in total. The Kier molecular flexibility index (Phi) is 10.3. The van der Waals surface area contributed by atoms with E-state index in [9.17, 15) is 14.4 Å². The highest BCUT2D eigenvalue weighted by Gasteiger charge is 2.33. The van der Waals surface area contributed by atoms with Gasteiger partial charge in [-0.1, -0.05) is 109 Å². The number of thioether (sulfide) groups is 1. The molecule has 1 heterocycles. The number of nitrogens with zero attached hydrogens (tertiary/aromatic N) is 1. The lowest BCUT2D eigenvalue weighted by molar-refractivity contribution is -0.140. The standard InChI is InChI=1S/C35H30N2O6S2/c1-23(26-12-6-3-7-13-26)36-33(40)28-15-9-8-14-27(28)22-43-30-18-25(16-17-29(30)42-21-24-10-4-2-5-11-24)19-31-34(41)37(20-32(38)39)35(44)45-31/h2-19,23H,20-22H2,1H3,(H,36,40)(H,38,39). The first kappa shape index (κ1) is 31.5. The molecule has 2 N–H and O–H groups in total. The van der Waals surface area contributed by atoms with Gasteiger partial charge in [0, 0.05) is 11.1 Å². The average Bonchev–Trinajstić information content (AvgIpc) is 3.31. The Morgan fingerprint density at radius 3 is 2.31 bits per heavy atom. The van der Waals surface area contributed by atoms with Crippen molar-refractivity contribution in [2.24, 2.45) is 0 Å². The van der Waals surface area contributed by atoms with Crippen molar-refractivity contribution in [3.63, 3.8) is 0 Å². The molecule has 1 unspecified atom stereocenters. The van der Waals surface area contributed by atoms with E-state index in [0.29, 0.717) is 39.7 Å². The molecule has 228 valence electrons. The number of carbonyl (C=O) groups is 3. The molecule has 1 fully saturated rings. The summed E-state index contributed by atoms with van der Waals surface area (Å²) in [5.41, 5.74) is 3.78. The van der Waals surface area contributed by atoms with Gasteiger partial charge < -0.3 is 19.9 Å². The lowest BCUT2D eigenvalue weighted by Gasteiger charge is -2.17. The fourth-order valence-electron chi connectivity index (χ4n) is 4.63. The first-order valence-electron chi connectivity index (χ1n) is 14.1. The zero-order chi connectivity index (χ0) is 31.8. The van der Waals surface area contributed by atoms with Crippen LogP contribution in [0.1, 0.15) is 45.6 Å². The minimum absolute atomic E-state index is 0.0786. The Balaban J connectivity index is 1.38. The fraction of sp³-hybridized carbons (Fsp3) is 0.143. The molecule has 1 saturated heterocycles. The van der Waals surface area contributed by atoms with E-state index in [-0.39, 0.29) is 22.9 Å². The van der Waals surface area contributed by atoms with Crippen molar-refractivity contribution >= 4 is 52.2 Å². The highest BCUT2D eigenvalue weighted by molar-refractivity contribution is 8.26.